The average molecular weight is 885 g/mol. The summed E-state index contributed by atoms with van der Waals surface area (Å²) in [6.07, 6.45) is 1.14. The predicted octanol–water partition coefficient (Wildman–Crippen LogP) is 10.2. The Morgan fingerprint density at radius 2 is 0.969 bits per heavy atom. The summed E-state index contributed by atoms with van der Waals surface area (Å²) >= 11 is 0. The molecule has 1 atom stereocenters. The smallest absolute Gasteiger partial charge is 0.485 e. The maximum Gasteiger partial charge on any atom is 0.530 e. The molecule has 0 saturated heterocycles. The molecule has 0 unspecified atom stereocenters. The lowest BCUT2D eigenvalue weighted by Crippen LogP contribution is -2.59. The monoisotopic (exact) mass is 884 g/mol. The maximum absolute atomic E-state index is 14.5. The SMILES string of the molecule is C[C@@](Cc1ccc(OP(=O)(OCc2ccccc2)OCc2ccccc2)c(OCc2ccccc2)c1)(NNC(=O)CCCCC(=O)OCc1ccccc1)C(=O)OCc1ccccc1. The molecule has 0 aromatic heterocycles. The lowest BCUT2D eigenvalue weighted by Gasteiger charge is -2.29. The quantitative estimate of drug-likeness (QED) is 0.0245. The van der Waals surface area contributed by atoms with Gasteiger partial charge < -0.3 is 18.7 Å². The van der Waals surface area contributed by atoms with Crippen molar-refractivity contribution in [1.29, 1.82) is 0 Å². The van der Waals surface area contributed by atoms with E-state index in [1.807, 2.05) is 152 Å². The van der Waals surface area contributed by atoms with E-state index < -0.39 is 19.3 Å². The highest BCUT2D eigenvalue weighted by Gasteiger charge is 2.37. The summed E-state index contributed by atoms with van der Waals surface area (Å²) in [5, 5.41) is 0. The van der Waals surface area contributed by atoms with E-state index in [4.69, 9.17) is 27.8 Å². The summed E-state index contributed by atoms with van der Waals surface area (Å²) in [5.41, 5.74) is 8.81. The fourth-order valence-corrected chi connectivity index (χ4v) is 7.53. The number of ether oxygens (including phenoxy) is 3. The fraction of sp³-hybridized carbons (Fsp3) is 0.235. The maximum atomic E-state index is 14.5. The second-order valence-corrected chi connectivity index (χ2v) is 16.8. The van der Waals surface area contributed by atoms with Gasteiger partial charge in [0.15, 0.2) is 11.5 Å². The third kappa shape index (κ3) is 15.7. The first-order chi connectivity index (χ1) is 31.1. The van der Waals surface area contributed by atoms with E-state index in [2.05, 4.69) is 10.9 Å². The molecule has 13 heteroatoms. The van der Waals surface area contributed by atoms with Crippen LogP contribution in [0.1, 0.15) is 66.0 Å². The van der Waals surface area contributed by atoms with Crippen molar-refractivity contribution in [3.63, 3.8) is 0 Å². The van der Waals surface area contributed by atoms with Gasteiger partial charge in [0.25, 0.3) is 0 Å². The van der Waals surface area contributed by atoms with Crippen molar-refractivity contribution in [1.82, 2.24) is 10.9 Å². The zero-order valence-electron chi connectivity index (χ0n) is 35.8. The van der Waals surface area contributed by atoms with Gasteiger partial charge in [-0.2, -0.15) is 0 Å². The Morgan fingerprint density at radius 1 is 0.516 bits per heavy atom. The Kier molecular flexibility index (Phi) is 17.8. The minimum atomic E-state index is -4.30. The number of unbranched alkanes of at least 4 members (excludes halogenated alkanes) is 1. The highest BCUT2D eigenvalue weighted by Crippen LogP contribution is 2.53. The third-order valence-electron chi connectivity index (χ3n) is 9.90. The van der Waals surface area contributed by atoms with Crippen LogP contribution in [-0.2, 0) is 76.9 Å². The number of carbonyl (C=O) groups excluding carboxylic acids is 3. The van der Waals surface area contributed by atoms with Crippen LogP contribution in [0.5, 0.6) is 11.5 Å². The van der Waals surface area contributed by atoms with Gasteiger partial charge in [-0.25, -0.2) is 14.8 Å². The highest BCUT2D eigenvalue weighted by molar-refractivity contribution is 7.48. The predicted molar refractivity (Wildman–Crippen MR) is 242 cm³/mol. The van der Waals surface area contributed by atoms with Gasteiger partial charge in [-0.05, 0) is 65.3 Å². The molecule has 0 aliphatic heterocycles. The molecule has 1 amide bonds. The summed E-state index contributed by atoms with van der Waals surface area (Å²) in [4.78, 5) is 39.4. The first-order valence-corrected chi connectivity index (χ1v) is 22.5. The van der Waals surface area contributed by atoms with E-state index in [9.17, 15) is 18.9 Å². The van der Waals surface area contributed by atoms with E-state index in [0.29, 0.717) is 18.4 Å². The van der Waals surface area contributed by atoms with Gasteiger partial charge in [0, 0.05) is 19.3 Å². The van der Waals surface area contributed by atoms with Crippen LogP contribution >= 0.6 is 7.82 Å². The first-order valence-electron chi connectivity index (χ1n) is 21.1. The summed E-state index contributed by atoms with van der Waals surface area (Å²) in [7, 11) is -4.30. The lowest BCUT2D eigenvalue weighted by atomic mass is 9.93. The standard InChI is InChI=1S/C51H53N2O10P/c1-51(50(56)60-37-42-23-11-4-12-24-42,53-52-48(54)29-17-18-30-49(55)59-36-41-21-9-3-10-22-41)34-45-31-32-46(47(33-45)58-35-40-19-7-2-8-20-40)63-64(57,61-38-43-25-13-5-14-26-43)62-39-44-27-15-6-16-28-44/h2-16,19-28,31-33,53H,17-18,29-30,34-39H2,1H3,(H,52,54)/t51-/m0/s1. The molecule has 0 heterocycles. The van der Waals surface area contributed by atoms with E-state index in [1.54, 1.807) is 25.1 Å². The molecule has 0 bridgehead atoms. The second-order valence-electron chi connectivity index (χ2n) is 15.2. The highest BCUT2D eigenvalue weighted by atomic mass is 31.2. The summed E-state index contributed by atoms with van der Waals surface area (Å²) in [6.45, 7) is 1.86. The molecule has 332 valence electrons. The molecule has 6 aromatic rings. The van der Waals surface area contributed by atoms with Gasteiger partial charge >= 0.3 is 19.8 Å². The van der Waals surface area contributed by atoms with Gasteiger partial charge in [-0.3, -0.25) is 24.1 Å². The van der Waals surface area contributed by atoms with Crippen molar-refractivity contribution in [2.75, 3.05) is 0 Å². The molecular weight excluding hydrogens is 832 g/mol. The van der Waals surface area contributed by atoms with Crippen LogP contribution in [-0.4, -0.2) is 23.4 Å². The Labute approximate surface area is 374 Å². The molecule has 0 spiro atoms. The molecule has 12 nitrogen and oxygen atoms in total. The summed E-state index contributed by atoms with van der Waals surface area (Å²) in [5.74, 6) is -1.06. The van der Waals surface area contributed by atoms with Gasteiger partial charge in [0.1, 0.15) is 25.4 Å². The molecule has 0 saturated carbocycles. The molecule has 64 heavy (non-hydrogen) atoms. The minimum Gasteiger partial charge on any atom is -0.485 e. The van der Waals surface area contributed by atoms with Crippen molar-refractivity contribution >= 4 is 25.7 Å². The number of rotatable bonds is 25. The summed E-state index contributed by atoms with van der Waals surface area (Å²) in [6, 6.07) is 51.7. The van der Waals surface area contributed by atoms with Crippen LogP contribution in [0.3, 0.4) is 0 Å². The van der Waals surface area contributed by atoms with Crippen molar-refractivity contribution < 1.29 is 46.7 Å². The lowest BCUT2D eigenvalue weighted by molar-refractivity contribution is -0.153. The van der Waals surface area contributed by atoms with E-state index in [0.717, 1.165) is 27.8 Å². The van der Waals surface area contributed by atoms with Gasteiger partial charge in [0.2, 0.25) is 5.91 Å². The first kappa shape index (κ1) is 46.9. The number of benzene rings is 6. The van der Waals surface area contributed by atoms with Gasteiger partial charge in [0.05, 0.1) is 13.2 Å². The number of nitrogens with one attached hydrogen (secondary N) is 2. The number of amides is 1. The van der Waals surface area contributed by atoms with Gasteiger partial charge in [-0.1, -0.05) is 158 Å². The average Bonchev–Trinajstić information content (AvgIpc) is 3.33. The van der Waals surface area contributed by atoms with Crippen LogP contribution in [0.4, 0.5) is 0 Å². The van der Waals surface area contributed by atoms with E-state index in [1.165, 1.54) is 0 Å². The molecule has 0 aliphatic rings. The second kappa shape index (κ2) is 24.3. The zero-order valence-corrected chi connectivity index (χ0v) is 36.7. The Morgan fingerprint density at radius 3 is 1.48 bits per heavy atom. The molecule has 6 aromatic carbocycles. The molecule has 0 radical (unpaired) electrons. The van der Waals surface area contributed by atoms with Crippen LogP contribution in [0.2, 0.25) is 0 Å². The normalized spacial score (nSPS) is 12.1. The Hall–Kier alpha value is -6.56. The number of phosphoric ester groups is 1. The Balaban J connectivity index is 1.18. The van der Waals surface area contributed by atoms with Crippen molar-refractivity contribution in [3.8, 4) is 11.5 Å². The van der Waals surface area contributed by atoms with Crippen LogP contribution in [0.15, 0.2) is 170 Å². The van der Waals surface area contributed by atoms with Crippen molar-refractivity contribution in [2.45, 2.75) is 77.6 Å². The van der Waals surface area contributed by atoms with Crippen LogP contribution < -0.4 is 20.1 Å². The van der Waals surface area contributed by atoms with E-state index >= 15 is 0 Å². The zero-order chi connectivity index (χ0) is 44.9. The minimum absolute atomic E-state index is 0.00469. The third-order valence-corrected chi connectivity index (χ3v) is 11.2. The number of hydrogen-bond donors (Lipinski definition) is 2. The number of phosphoric acid groups is 1. The number of esters is 2. The van der Waals surface area contributed by atoms with Crippen LogP contribution in [0.25, 0.3) is 0 Å². The molecule has 2 N–H and O–H groups in total. The molecule has 0 aliphatic carbocycles. The molecule has 0 fully saturated rings. The van der Waals surface area contributed by atoms with Gasteiger partial charge in [-0.15, -0.1) is 0 Å². The largest absolute Gasteiger partial charge is 0.530 e. The van der Waals surface area contributed by atoms with Crippen molar-refractivity contribution in [2.24, 2.45) is 0 Å². The number of carbonyl (C=O) groups is 3. The van der Waals surface area contributed by atoms with Crippen molar-refractivity contribution in [3.05, 3.63) is 203 Å². The van der Waals surface area contributed by atoms with E-state index in [-0.39, 0.29) is 75.7 Å². The summed E-state index contributed by atoms with van der Waals surface area (Å²) < 4.78 is 49.9. The topological polar surface area (TPSA) is 148 Å². The number of hydrazine groups is 1. The van der Waals surface area contributed by atoms with Crippen LogP contribution in [0, 0.1) is 0 Å². The molecular formula is C51H53N2O10P. The molecule has 6 rings (SSSR count). The number of hydrogen-bond acceptors (Lipinski definition) is 11. The Bertz CT molecular complexity index is 2360. The fourth-order valence-electron chi connectivity index (χ4n) is 6.35.